The van der Waals surface area contributed by atoms with Gasteiger partial charge in [0.15, 0.2) is 11.6 Å². The lowest BCUT2D eigenvalue weighted by Crippen LogP contribution is -2.50. The molecule has 2 aromatic heterocycles. The molecule has 0 amide bonds. The molecule has 0 bridgehead atoms. The first-order valence-corrected chi connectivity index (χ1v) is 10.7. The van der Waals surface area contributed by atoms with Crippen LogP contribution in [-0.4, -0.2) is 64.7 Å². The molecule has 0 aliphatic carbocycles. The van der Waals surface area contributed by atoms with E-state index in [4.69, 9.17) is 0 Å². The van der Waals surface area contributed by atoms with Gasteiger partial charge in [-0.2, -0.15) is 0 Å². The van der Waals surface area contributed by atoms with Crippen LogP contribution in [0.15, 0.2) is 29.4 Å². The van der Waals surface area contributed by atoms with Gasteiger partial charge in [0.2, 0.25) is 0 Å². The van der Waals surface area contributed by atoms with Gasteiger partial charge < -0.3 is 10.6 Å². The summed E-state index contributed by atoms with van der Waals surface area (Å²) in [6, 6.07) is 6.49. The zero-order valence-corrected chi connectivity index (χ0v) is 17.6. The Hall–Kier alpha value is -2.15. The molecule has 0 radical (unpaired) electrons. The summed E-state index contributed by atoms with van der Waals surface area (Å²) in [6.07, 6.45) is 8.19. The number of pyridine rings is 1. The molecule has 0 spiro atoms. The van der Waals surface area contributed by atoms with E-state index in [0.717, 1.165) is 36.9 Å². The van der Waals surface area contributed by atoms with Crippen LogP contribution in [0, 0.1) is 5.92 Å². The maximum absolute atomic E-state index is 4.40. The van der Waals surface area contributed by atoms with Crippen LogP contribution in [0.4, 0.5) is 0 Å². The molecule has 154 valence electrons. The number of aromatic nitrogens is 3. The summed E-state index contributed by atoms with van der Waals surface area (Å²) < 4.78 is 2.03. The summed E-state index contributed by atoms with van der Waals surface area (Å²) in [7, 11) is 1.83. The molecule has 1 aliphatic heterocycles. The molecule has 3 rings (SSSR count). The number of fused-ring (bicyclic) bond motifs is 1. The summed E-state index contributed by atoms with van der Waals surface area (Å²) in [4.78, 5) is 7.06. The molecule has 0 aromatic carbocycles. The molecule has 1 saturated heterocycles. The van der Waals surface area contributed by atoms with E-state index >= 15 is 0 Å². The van der Waals surface area contributed by atoms with Gasteiger partial charge in [0.1, 0.15) is 5.82 Å². The topological polar surface area (TPSA) is 69.8 Å². The minimum Gasteiger partial charge on any atom is -0.356 e. The van der Waals surface area contributed by atoms with Crippen molar-refractivity contribution in [2.45, 2.75) is 52.0 Å². The Balaban J connectivity index is 1.49. The van der Waals surface area contributed by atoms with Crippen molar-refractivity contribution in [2.75, 3.05) is 33.2 Å². The van der Waals surface area contributed by atoms with E-state index in [1.165, 1.54) is 38.8 Å². The highest BCUT2D eigenvalue weighted by Crippen LogP contribution is 2.17. The average molecular weight is 386 g/mol. The van der Waals surface area contributed by atoms with E-state index in [1.807, 2.05) is 35.8 Å². The number of aliphatic imine (C=N–C) groups is 1. The third kappa shape index (κ3) is 5.44. The fourth-order valence-corrected chi connectivity index (χ4v) is 3.99. The molecular formula is C21H35N7. The molecule has 3 heterocycles. The molecule has 2 aromatic rings. The Kier molecular flexibility index (Phi) is 7.65. The van der Waals surface area contributed by atoms with Crippen LogP contribution in [0.25, 0.3) is 5.65 Å². The molecule has 7 heteroatoms. The summed E-state index contributed by atoms with van der Waals surface area (Å²) in [6.45, 7) is 8.78. The normalized spacial score (nSPS) is 17.6. The van der Waals surface area contributed by atoms with Crippen molar-refractivity contribution in [1.29, 1.82) is 0 Å². The minimum atomic E-state index is 0.539. The van der Waals surface area contributed by atoms with E-state index in [9.17, 15) is 0 Å². The molecule has 2 N–H and O–H groups in total. The monoisotopic (exact) mass is 385 g/mol. The Morgan fingerprint density at radius 3 is 2.61 bits per heavy atom. The van der Waals surface area contributed by atoms with Crippen LogP contribution in [0.1, 0.15) is 45.4 Å². The molecule has 0 saturated carbocycles. The van der Waals surface area contributed by atoms with E-state index in [0.29, 0.717) is 12.0 Å². The van der Waals surface area contributed by atoms with E-state index < -0.39 is 0 Å². The standard InChI is InChI=1S/C21H35N7/c1-17(2)18(27-13-7-4-5-8-14-27)16-24-21(22-3)23-12-11-20-26-25-19-10-6-9-15-28(19)20/h6,9-10,15,17-18H,4-5,7-8,11-14,16H2,1-3H3,(H2,22,23,24). The van der Waals surface area contributed by atoms with Gasteiger partial charge in [0.25, 0.3) is 0 Å². The lowest BCUT2D eigenvalue weighted by atomic mass is 10.0. The van der Waals surface area contributed by atoms with Gasteiger partial charge in [0.05, 0.1) is 0 Å². The average Bonchev–Trinajstić information content (AvgIpc) is 2.92. The van der Waals surface area contributed by atoms with Gasteiger partial charge in [-0.3, -0.25) is 14.3 Å². The molecule has 1 atom stereocenters. The number of nitrogens with one attached hydrogen (secondary N) is 2. The van der Waals surface area contributed by atoms with Crippen LogP contribution in [0.5, 0.6) is 0 Å². The van der Waals surface area contributed by atoms with E-state index in [1.54, 1.807) is 0 Å². The largest absolute Gasteiger partial charge is 0.356 e. The molecule has 1 fully saturated rings. The summed E-state index contributed by atoms with van der Waals surface area (Å²) in [5.41, 5.74) is 0.886. The Bertz CT molecular complexity index is 744. The first-order chi connectivity index (χ1) is 13.7. The van der Waals surface area contributed by atoms with Gasteiger partial charge in [-0.25, -0.2) is 0 Å². The number of hydrogen-bond acceptors (Lipinski definition) is 4. The number of hydrogen-bond donors (Lipinski definition) is 2. The summed E-state index contributed by atoms with van der Waals surface area (Å²) in [5.74, 6) is 2.43. The second-order valence-corrected chi connectivity index (χ2v) is 7.94. The molecule has 1 aliphatic rings. The van der Waals surface area contributed by atoms with Gasteiger partial charge in [-0.1, -0.05) is 32.8 Å². The fourth-order valence-electron chi connectivity index (χ4n) is 3.99. The van der Waals surface area contributed by atoms with Crippen LogP contribution in [0.2, 0.25) is 0 Å². The zero-order valence-electron chi connectivity index (χ0n) is 17.6. The molecule has 7 nitrogen and oxygen atoms in total. The maximum Gasteiger partial charge on any atom is 0.191 e. The Labute approximate surface area is 168 Å². The summed E-state index contributed by atoms with van der Waals surface area (Å²) >= 11 is 0. The maximum atomic E-state index is 4.40. The first kappa shape index (κ1) is 20.6. The third-order valence-corrected chi connectivity index (χ3v) is 5.61. The quantitative estimate of drug-likeness (QED) is 0.565. The van der Waals surface area contributed by atoms with Gasteiger partial charge >= 0.3 is 0 Å². The second kappa shape index (κ2) is 10.4. The second-order valence-electron chi connectivity index (χ2n) is 7.94. The first-order valence-electron chi connectivity index (χ1n) is 10.7. The Morgan fingerprint density at radius 1 is 1.11 bits per heavy atom. The highest BCUT2D eigenvalue weighted by molar-refractivity contribution is 5.79. The van der Waals surface area contributed by atoms with Crippen molar-refractivity contribution >= 4 is 11.6 Å². The van der Waals surface area contributed by atoms with Crippen molar-refractivity contribution in [1.82, 2.24) is 30.1 Å². The lowest BCUT2D eigenvalue weighted by molar-refractivity contribution is 0.161. The molecular weight excluding hydrogens is 350 g/mol. The van der Waals surface area contributed by atoms with Crippen molar-refractivity contribution in [3.8, 4) is 0 Å². The number of likely N-dealkylation sites (tertiary alicyclic amines) is 1. The summed E-state index contributed by atoms with van der Waals surface area (Å²) in [5, 5.41) is 15.5. The highest BCUT2D eigenvalue weighted by Gasteiger charge is 2.22. The number of guanidine groups is 1. The van der Waals surface area contributed by atoms with Crippen molar-refractivity contribution in [3.63, 3.8) is 0 Å². The minimum absolute atomic E-state index is 0.539. The van der Waals surface area contributed by atoms with Crippen LogP contribution < -0.4 is 10.6 Å². The van der Waals surface area contributed by atoms with E-state index in [2.05, 4.69) is 44.6 Å². The number of nitrogens with zero attached hydrogens (tertiary/aromatic N) is 5. The smallest absolute Gasteiger partial charge is 0.191 e. The van der Waals surface area contributed by atoms with Crippen molar-refractivity contribution < 1.29 is 0 Å². The third-order valence-electron chi connectivity index (χ3n) is 5.61. The fraction of sp³-hybridized carbons (Fsp3) is 0.667. The van der Waals surface area contributed by atoms with Crippen molar-refractivity contribution in [2.24, 2.45) is 10.9 Å². The molecule has 28 heavy (non-hydrogen) atoms. The SMILES string of the molecule is CN=C(NCCc1nnc2ccccn12)NCC(C(C)C)N1CCCCCC1. The van der Waals surface area contributed by atoms with Gasteiger partial charge in [0, 0.05) is 38.8 Å². The zero-order chi connectivity index (χ0) is 19.8. The lowest BCUT2D eigenvalue weighted by Gasteiger charge is -2.34. The van der Waals surface area contributed by atoms with E-state index in [-0.39, 0.29) is 0 Å². The van der Waals surface area contributed by atoms with Crippen LogP contribution in [0.3, 0.4) is 0 Å². The predicted molar refractivity (Wildman–Crippen MR) is 115 cm³/mol. The highest BCUT2D eigenvalue weighted by atomic mass is 15.3. The number of rotatable bonds is 7. The molecule has 1 unspecified atom stereocenters. The van der Waals surface area contributed by atoms with Gasteiger partial charge in [-0.15, -0.1) is 10.2 Å². The van der Waals surface area contributed by atoms with Crippen LogP contribution >= 0.6 is 0 Å². The van der Waals surface area contributed by atoms with Crippen molar-refractivity contribution in [3.05, 3.63) is 30.2 Å². The Morgan fingerprint density at radius 2 is 1.89 bits per heavy atom. The van der Waals surface area contributed by atoms with Gasteiger partial charge in [-0.05, 0) is 44.0 Å². The van der Waals surface area contributed by atoms with Crippen LogP contribution in [-0.2, 0) is 6.42 Å². The predicted octanol–water partition coefficient (Wildman–Crippen LogP) is 2.34.